The van der Waals surface area contributed by atoms with Crippen molar-refractivity contribution in [2.75, 3.05) is 12.3 Å². The molecule has 0 aliphatic heterocycles. The number of aromatic nitrogens is 3. The van der Waals surface area contributed by atoms with Gasteiger partial charge in [0.2, 0.25) is 0 Å². The third-order valence-corrected chi connectivity index (χ3v) is 5.69. The summed E-state index contributed by atoms with van der Waals surface area (Å²) in [5, 5.41) is 14.5. The number of nitrogens with one attached hydrogen (secondary N) is 2. The molecule has 140 valence electrons. The number of amides is 1. The van der Waals surface area contributed by atoms with E-state index in [1.165, 1.54) is 44.5 Å². The van der Waals surface area contributed by atoms with E-state index in [0.717, 1.165) is 18.1 Å². The molecule has 0 bridgehead atoms. The molecule has 0 aromatic carbocycles. The van der Waals surface area contributed by atoms with Crippen molar-refractivity contribution in [1.29, 1.82) is 0 Å². The van der Waals surface area contributed by atoms with E-state index >= 15 is 0 Å². The van der Waals surface area contributed by atoms with Gasteiger partial charge in [0.1, 0.15) is 23.5 Å². The molecule has 1 aliphatic carbocycles. The summed E-state index contributed by atoms with van der Waals surface area (Å²) in [6, 6.07) is 1.41. The van der Waals surface area contributed by atoms with E-state index in [9.17, 15) is 14.4 Å². The fraction of sp³-hybridized carbons (Fsp3) is 0.529. The van der Waals surface area contributed by atoms with Gasteiger partial charge < -0.3 is 10.4 Å². The Balaban J connectivity index is 1.75. The number of rotatable bonds is 7. The van der Waals surface area contributed by atoms with Crippen LogP contribution in [-0.4, -0.2) is 43.9 Å². The highest BCUT2D eigenvalue weighted by molar-refractivity contribution is 7.99. The number of hydrogen-bond acceptors (Lipinski definition) is 5. The maximum Gasteiger partial charge on any atom is 0.322 e. The first-order valence-electron chi connectivity index (χ1n) is 8.78. The summed E-state index contributed by atoms with van der Waals surface area (Å²) in [6.45, 7) is -0.549. The van der Waals surface area contributed by atoms with E-state index in [2.05, 4.69) is 15.4 Å². The Labute approximate surface area is 154 Å². The van der Waals surface area contributed by atoms with Crippen molar-refractivity contribution in [2.45, 2.75) is 43.6 Å². The number of aliphatic carboxylic acids is 1. The SMILES string of the molecule is O=C(O)CNC(=O)c1c(=O)cc(SCCC2CCCCC2)n2[nH]cnc12. The summed E-state index contributed by atoms with van der Waals surface area (Å²) >= 11 is 1.57. The predicted molar refractivity (Wildman–Crippen MR) is 97.7 cm³/mol. The van der Waals surface area contributed by atoms with E-state index in [1.54, 1.807) is 16.3 Å². The molecule has 3 N–H and O–H groups in total. The number of carboxylic acid groups (broad SMARTS) is 1. The van der Waals surface area contributed by atoms with Crippen LogP contribution in [0.2, 0.25) is 0 Å². The second-order valence-corrected chi connectivity index (χ2v) is 7.60. The second-order valence-electron chi connectivity index (χ2n) is 6.49. The van der Waals surface area contributed by atoms with Gasteiger partial charge in [-0.3, -0.25) is 19.5 Å². The Morgan fingerprint density at radius 3 is 2.85 bits per heavy atom. The molecule has 2 heterocycles. The maximum atomic E-state index is 12.4. The Morgan fingerprint density at radius 2 is 2.12 bits per heavy atom. The molecule has 0 unspecified atom stereocenters. The van der Waals surface area contributed by atoms with Crippen LogP contribution in [0.1, 0.15) is 48.9 Å². The summed E-state index contributed by atoms with van der Waals surface area (Å²) in [6.07, 6.45) is 9.02. The zero-order valence-electron chi connectivity index (χ0n) is 14.4. The highest BCUT2D eigenvalue weighted by Crippen LogP contribution is 2.29. The minimum Gasteiger partial charge on any atom is -0.480 e. The fourth-order valence-electron chi connectivity index (χ4n) is 3.34. The molecule has 0 saturated heterocycles. The van der Waals surface area contributed by atoms with Crippen molar-refractivity contribution >= 4 is 29.3 Å². The minimum atomic E-state index is -1.17. The van der Waals surface area contributed by atoms with Crippen LogP contribution >= 0.6 is 11.8 Å². The van der Waals surface area contributed by atoms with Crippen LogP contribution in [-0.2, 0) is 4.79 Å². The molecule has 1 fully saturated rings. The van der Waals surface area contributed by atoms with Gasteiger partial charge in [-0.15, -0.1) is 11.8 Å². The fourth-order valence-corrected chi connectivity index (χ4v) is 4.46. The third kappa shape index (κ3) is 4.27. The topological polar surface area (TPSA) is 117 Å². The van der Waals surface area contributed by atoms with Gasteiger partial charge >= 0.3 is 5.97 Å². The number of pyridine rings is 1. The molecule has 1 amide bonds. The first-order chi connectivity index (χ1) is 12.6. The van der Waals surface area contributed by atoms with Crippen molar-refractivity contribution in [3.8, 4) is 0 Å². The summed E-state index contributed by atoms with van der Waals surface area (Å²) in [5.74, 6) is -0.255. The predicted octanol–water partition coefficient (Wildman–Crippen LogP) is 1.90. The van der Waals surface area contributed by atoms with Gasteiger partial charge in [0.15, 0.2) is 11.1 Å². The van der Waals surface area contributed by atoms with E-state index < -0.39 is 23.9 Å². The number of H-pyrrole nitrogens is 1. The highest BCUT2D eigenvalue weighted by Gasteiger charge is 2.20. The third-order valence-electron chi connectivity index (χ3n) is 4.66. The second kappa shape index (κ2) is 8.39. The van der Waals surface area contributed by atoms with Crippen molar-refractivity contribution in [3.63, 3.8) is 0 Å². The van der Waals surface area contributed by atoms with Crippen LogP contribution in [0.3, 0.4) is 0 Å². The Hall–Kier alpha value is -2.29. The van der Waals surface area contributed by atoms with Crippen LogP contribution in [0.4, 0.5) is 0 Å². The first-order valence-corrected chi connectivity index (χ1v) is 9.76. The van der Waals surface area contributed by atoms with Gasteiger partial charge in [0, 0.05) is 6.07 Å². The number of carboxylic acids is 1. The normalized spacial score (nSPS) is 15.2. The summed E-state index contributed by atoms with van der Waals surface area (Å²) in [5.41, 5.74) is -0.398. The van der Waals surface area contributed by atoms with Crippen LogP contribution in [0.15, 0.2) is 22.2 Å². The molecule has 2 aromatic heterocycles. The van der Waals surface area contributed by atoms with Crippen molar-refractivity contribution in [1.82, 2.24) is 19.9 Å². The average molecular weight is 378 g/mol. The van der Waals surface area contributed by atoms with Gasteiger partial charge in [0.25, 0.3) is 5.91 Å². The number of thioether (sulfide) groups is 1. The summed E-state index contributed by atoms with van der Waals surface area (Å²) < 4.78 is 1.60. The largest absolute Gasteiger partial charge is 0.480 e. The van der Waals surface area contributed by atoms with Crippen LogP contribution < -0.4 is 10.7 Å². The standard InChI is InChI=1S/C17H22N4O4S/c22-12-8-13(26-7-6-11-4-2-1-3-5-11)21-16(19-10-20-21)15(12)17(25)18-9-14(23)24/h8,10-11H,1-7,9H2,(H,18,25)(H,19,20)(H,23,24). The van der Waals surface area contributed by atoms with Crippen molar-refractivity contribution in [2.24, 2.45) is 5.92 Å². The van der Waals surface area contributed by atoms with Crippen LogP contribution in [0, 0.1) is 5.92 Å². The van der Waals surface area contributed by atoms with Gasteiger partial charge in [-0.1, -0.05) is 32.1 Å². The van der Waals surface area contributed by atoms with Gasteiger partial charge in [0.05, 0.1) is 0 Å². The monoisotopic (exact) mass is 378 g/mol. The van der Waals surface area contributed by atoms with Gasteiger partial charge in [-0.05, 0) is 18.1 Å². The number of hydrogen-bond donors (Lipinski definition) is 3. The lowest BCUT2D eigenvalue weighted by molar-refractivity contribution is -0.135. The van der Waals surface area contributed by atoms with Gasteiger partial charge in [-0.25, -0.2) is 9.50 Å². The Kier molecular flexibility index (Phi) is 5.97. The zero-order chi connectivity index (χ0) is 18.5. The average Bonchev–Trinajstić information content (AvgIpc) is 3.10. The lowest BCUT2D eigenvalue weighted by Crippen LogP contribution is -2.33. The number of nitrogens with zero attached hydrogens (tertiary/aromatic N) is 2. The van der Waals surface area contributed by atoms with E-state index in [-0.39, 0.29) is 11.2 Å². The molecule has 1 saturated carbocycles. The van der Waals surface area contributed by atoms with Gasteiger partial charge in [-0.2, -0.15) is 0 Å². The van der Waals surface area contributed by atoms with Crippen LogP contribution in [0.5, 0.6) is 0 Å². The minimum absolute atomic E-state index is 0.149. The molecular formula is C17H22N4O4S. The number of aromatic amines is 1. The molecule has 0 atom stereocenters. The van der Waals surface area contributed by atoms with Crippen molar-refractivity contribution in [3.05, 3.63) is 28.2 Å². The van der Waals surface area contributed by atoms with Crippen molar-refractivity contribution < 1.29 is 14.7 Å². The van der Waals surface area contributed by atoms with E-state index in [4.69, 9.17) is 5.11 Å². The zero-order valence-corrected chi connectivity index (χ0v) is 15.2. The molecule has 0 radical (unpaired) electrons. The molecular weight excluding hydrogens is 356 g/mol. The number of carbonyl (C=O) groups is 2. The molecule has 8 nitrogen and oxygen atoms in total. The lowest BCUT2D eigenvalue weighted by Gasteiger charge is -2.21. The molecule has 1 aliphatic rings. The maximum absolute atomic E-state index is 12.4. The smallest absolute Gasteiger partial charge is 0.322 e. The molecule has 3 rings (SSSR count). The Morgan fingerprint density at radius 1 is 1.35 bits per heavy atom. The first kappa shape index (κ1) is 18.5. The number of carbonyl (C=O) groups excluding carboxylic acids is 1. The van der Waals surface area contributed by atoms with Crippen LogP contribution in [0.25, 0.3) is 5.65 Å². The van der Waals surface area contributed by atoms with E-state index in [0.29, 0.717) is 5.03 Å². The highest BCUT2D eigenvalue weighted by atomic mass is 32.2. The molecule has 2 aromatic rings. The quantitative estimate of drug-likeness (QED) is 0.634. The summed E-state index contributed by atoms with van der Waals surface area (Å²) in [7, 11) is 0. The molecule has 0 spiro atoms. The Bertz CT molecular complexity index is 854. The molecule has 26 heavy (non-hydrogen) atoms. The summed E-state index contributed by atoms with van der Waals surface area (Å²) in [4.78, 5) is 39.3. The van der Waals surface area contributed by atoms with E-state index in [1.807, 2.05) is 0 Å². The number of fused-ring (bicyclic) bond motifs is 1. The lowest BCUT2D eigenvalue weighted by atomic mass is 9.88. The molecule has 9 heteroatoms.